The highest BCUT2D eigenvalue weighted by Crippen LogP contribution is 2.33. The average molecular weight is 408 g/mol. The molecule has 0 spiro atoms. The van der Waals surface area contributed by atoms with Crippen LogP contribution in [0.5, 0.6) is 0 Å². The highest BCUT2D eigenvalue weighted by atomic mass is 32.2. The van der Waals surface area contributed by atoms with Crippen molar-refractivity contribution in [3.8, 4) is 0 Å². The second kappa shape index (κ2) is 8.61. The minimum atomic E-state index is -3.69. The number of rotatable bonds is 5. The lowest BCUT2D eigenvalue weighted by Crippen LogP contribution is -2.35. The van der Waals surface area contributed by atoms with Crippen molar-refractivity contribution in [3.63, 3.8) is 0 Å². The molecule has 1 atom stereocenters. The Morgan fingerprint density at radius 1 is 1.14 bits per heavy atom. The normalized spacial score (nSPS) is 20.0. The zero-order valence-electron chi connectivity index (χ0n) is 16.6. The molecule has 1 fully saturated rings. The Balaban J connectivity index is 1.61. The summed E-state index contributed by atoms with van der Waals surface area (Å²) in [7, 11) is -3.69. The van der Waals surface area contributed by atoms with Crippen molar-refractivity contribution in [2.45, 2.75) is 63.3 Å². The molecule has 0 unspecified atom stereocenters. The minimum absolute atomic E-state index is 0.00415. The van der Waals surface area contributed by atoms with Crippen LogP contribution in [0.25, 0.3) is 0 Å². The van der Waals surface area contributed by atoms with Gasteiger partial charge in [-0.3, -0.25) is 9.59 Å². The van der Waals surface area contributed by atoms with Crippen LogP contribution in [0.15, 0.2) is 23.1 Å². The molecule has 1 aromatic rings. The SMILES string of the molecule is CC(=O)N1c2ccc(S(=O)(=O)NCCC(=O)N3CCCCCC3)cc2C[C@@H]1C. The van der Waals surface area contributed by atoms with Crippen molar-refractivity contribution in [2.24, 2.45) is 0 Å². The smallest absolute Gasteiger partial charge is 0.240 e. The highest BCUT2D eigenvalue weighted by Gasteiger charge is 2.30. The molecule has 0 aliphatic carbocycles. The number of anilines is 1. The third-order valence-corrected chi connectivity index (χ3v) is 6.96. The van der Waals surface area contributed by atoms with E-state index in [0.29, 0.717) is 6.42 Å². The molecule has 2 aliphatic rings. The van der Waals surface area contributed by atoms with Gasteiger partial charge in [-0.05, 0) is 49.9 Å². The van der Waals surface area contributed by atoms with Crippen molar-refractivity contribution in [2.75, 3.05) is 24.5 Å². The number of nitrogens with zero attached hydrogens (tertiary/aromatic N) is 2. The zero-order valence-corrected chi connectivity index (χ0v) is 17.4. The summed E-state index contributed by atoms with van der Waals surface area (Å²) in [6.45, 7) is 5.08. The van der Waals surface area contributed by atoms with Crippen LogP contribution in [0.1, 0.15) is 51.5 Å². The Morgan fingerprint density at radius 3 is 2.46 bits per heavy atom. The molecular formula is C20H29N3O4S. The fourth-order valence-electron chi connectivity index (χ4n) is 4.11. The van der Waals surface area contributed by atoms with Crippen LogP contribution in [0.3, 0.4) is 0 Å². The summed E-state index contributed by atoms with van der Waals surface area (Å²) in [5.74, 6) is -0.0449. The van der Waals surface area contributed by atoms with E-state index in [1.165, 1.54) is 13.0 Å². The van der Waals surface area contributed by atoms with Crippen LogP contribution < -0.4 is 9.62 Å². The fourth-order valence-corrected chi connectivity index (χ4v) is 5.19. The van der Waals surface area contributed by atoms with Crippen LogP contribution >= 0.6 is 0 Å². The maximum atomic E-state index is 12.6. The first-order chi connectivity index (χ1) is 13.3. The molecule has 0 radical (unpaired) electrons. The first kappa shape index (κ1) is 20.8. The van der Waals surface area contributed by atoms with E-state index in [1.807, 2.05) is 11.8 Å². The standard InChI is InChI=1S/C20H29N3O4S/c1-15-13-17-14-18(7-8-19(17)23(15)16(2)24)28(26,27)21-10-9-20(25)22-11-5-3-4-6-12-22/h7-8,14-15,21H,3-6,9-13H2,1-2H3/t15-/m0/s1. The molecule has 3 rings (SSSR count). The van der Waals surface area contributed by atoms with Crippen molar-refractivity contribution in [1.29, 1.82) is 0 Å². The Kier molecular flexibility index (Phi) is 6.40. The second-order valence-electron chi connectivity index (χ2n) is 7.68. The predicted molar refractivity (Wildman–Crippen MR) is 108 cm³/mol. The lowest BCUT2D eigenvalue weighted by atomic mass is 10.1. The van der Waals surface area contributed by atoms with Gasteiger partial charge >= 0.3 is 0 Å². The Labute approximate surface area is 167 Å². The average Bonchev–Trinajstić information content (AvgIpc) is 2.80. The van der Waals surface area contributed by atoms with Gasteiger partial charge in [0.05, 0.1) is 4.90 Å². The molecule has 28 heavy (non-hydrogen) atoms. The van der Waals surface area contributed by atoms with Crippen LogP contribution in [0.4, 0.5) is 5.69 Å². The molecule has 0 saturated carbocycles. The van der Waals surface area contributed by atoms with E-state index >= 15 is 0 Å². The van der Waals surface area contributed by atoms with Gasteiger partial charge < -0.3 is 9.80 Å². The molecule has 0 bridgehead atoms. The number of fused-ring (bicyclic) bond motifs is 1. The van der Waals surface area contributed by atoms with Crippen LogP contribution in [-0.2, 0) is 26.0 Å². The number of carbonyl (C=O) groups excluding carboxylic acids is 2. The second-order valence-corrected chi connectivity index (χ2v) is 9.44. The molecule has 8 heteroatoms. The maximum absolute atomic E-state index is 12.6. The molecule has 2 aliphatic heterocycles. The number of benzene rings is 1. The molecule has 0 aromatic heterocycles. The van der Waals surface area contributed by atoms with Gasteiger partial charge in [0.1, 0.15) is 0 Å². The Hall–Kier alpha value is -1.93. The number of amides is 2. The zero-order chi connectivity index (χ0) is 20.3. The van der Waals surface area contributed by atoms with E-state index in [4.69, 9.17) is 0 Å². The molecule has 154 valence electrons. The van der Waals surface area contributed by atoms with Crippen LogP contribution in [-0.4, -0.2) is 50.8 Å². The van der Waals surface area contributed by atoms with Crippen molar-refractivity contribution in [3.05, 3.63) is 23.8 Å². The van der Waals surface area contributed by atoms with Gasteiger partial charge in [-0.25, -0.2) is 13.1 Å². The summed E-state index contributed by atoms with van der Waals surface area (Å²) in [4.78, 5) is 27.8. The molecule has 1 saturated heterocycles. The Bertz CT molecular complexity index is 845. The number of hydrogen-bond acceptors (Lipinski definition) is 4. The first-order valence-electron chi connectivity index (χ1n) is 10.00. The van der Waals surface area contributed by atoms with Gasteiger partial charge in [0.25, 0.3) is 0 Å². The number of sulfonamides is 1. The summed E-state index contributed by atoms with van der Waals surface area (Å²) >= 11 is 0. The summed E-state index contributed by atoms with van der Waals surface area (Å²) in [6.07, 6.45) is 5.12. The van der Waals surface area contributed by atoms with E-state index in [9.17, 15) is 18.0 Å². The maximum Gasteiger partial charge on any atom is 0.240 e. The number of likely N-dealkylation sites (tertiary alicyclic amines) is 1. The fraction of sp³-hybridized carbons (Fsp3) is 0.600. The van der Waals surface area contributed by atoms with Crippen LogP contribution in [0.2, 0.25) is 0 Å². The molecular weight excluding hydrogens is 378 g/mol. The third kappa shape index (κ3) is 4.55. The summed E-state index contributed by atoms with van der Waals surface area (Å²) in [5.41, 5.74) is 1.63. The van der Waals surface area contributed by atoms with Crippen LogP contribution in [0, 0.1) is 0 Å². The quantitative estimate of drug-likeness (QED) is 0.809. The molecule has 1 N–H and O–H groups in total. The van der Waals surface area contributed by atoms with Gasteiger partial charge in [0.15, 0.2) is 0 Å². The van der Waals surface area contributed by atoms with Gasteiger partial charge in [0, 0.05) is 44.7 Å². The lowest BCUT2D eigenvalue weighted by Gasteiger charge is -2.21. The molecule has 2 heterocycles. The summed E-state index contributed by atoms with van der Waals surface area (Å²) in [6, 6.07) is 4.86. The van der Waals surface area contributed by atoms with Crippen molar-refractivity contribution in [1.82, 2.24) is 9.62 Å². The molecule has 2 amide bonds. The van der Waals surface area contributed by atoms with Gasteiger partial charge in [0.2, 0.25) is 21.8 Å². The van der Waals surface area contributed by atoms with E-state index < -0.39 is 10.0 Å². The van der Waals surface area contributed by atoms with E-state index in [-0.39, 0.29) is 35.7 Å². The lowest BCUT2D eigenvalue weighted by molar-refractivity contribution is -0.131. The topological polar surface area (TPSA) is 86.8 Å². The molecule has 7 nitrogen and oxygen atoms in total. The van der Waals surface area contributed by atoms with Gasteiger partial charge in [-0.2, -0.15) is 0 Å². The predicted octanol–water partition coefficient (Wildman–Crippen LogP) is 2.06. The number of hydrogen-bond donors (Lipinski definition) is 1. The monoisotopic (exact) mass is 407 g/mol. The highest BCUT2D eigenvalue weighted by molar-refractivity contribution is 7.89. The summed E-state index contributed by atoms with van der Waals surface area (Å²) in [5, 5.41) is 0. The third-order valence-electron chi connectivity index (χ3n) is 5.51. The minimum Gasteiger partial charge on any atom is -0.343 e. The largest absolute Gasteiger partial charge is 0.343 e. The van der Waals surface area contributed by atoms with Crippen molar-refractivity contribution < 1.29 is 18.0 Å². The summed E-state index contributed by atoms with van der Waals surface area (Å²) < 4.78 is 27.8. The first-order valence-corrected chi connectivity index (χ1v) is 11.5. The van der Waals surface area contributed by atoms with Gasteiger partial charge in [-0.1, -0.05) is 12.8 Å². The number of carbonyl (C=O) groups is 2. The van der Waals surface area contributed by atoms with E-state index in [0.717, 1.165) is 50.0 Å². The Morgan fingerprint density at radius 2 is 1.82 bits per heavy atom. The van der Waals surface area contributed by atoms with Crippen molar-refractivity contribution >= 4 is 27.5 Å². The number of nitrogens with one attached hydrogen (secondary N) is 1. The van der Waals surface area contributed by atoms with E-state index in [2.05, 4.69) is 4.72 Å². The van der Waals surface area contributed by atoms with Gasteiger partial charge in [-0.15, -0.1) is 0 Å². The van der Waals surface area contributed by atoms with E-state index in [1.54, 1.807) is 17.0 Å². The molecule has 1 aromatic carbocycles.